The molecule has 0 amide bonds. The molecule has 0 saturated heterocycles. The minimum absolute atomic E-state index is 0.278. The van der Waals surface area contributed by atoms with Crippen molar-refractivity contribution in [2.45, 2.75) is 5.33 Å². The third-order valence-electron chi connectivity index (χ3n) is 1.85. The number of hydrogen-bond donors (Lipinski definition) is 0. The standard InChI is InChI=1S/C10H7BrFNO/c11-5-9-10(14-6-13-9)7-2-1-3-8(12)4-7/h1-4,6H,5H2. The molecule has 14 heavy (non-hydrogen) atoms. The summed E-state index contributed by atoms with van der Waals surface area (Å²) >= 11 is 3.29. The van der Waals surface area contributed by atoms with Gasteiger partial charge >= 0.3 is 0 Å². The molecule has 1 heterocycles. The molecule has 0 bridgehead atoms. The predicted octanol–water partition coefficient (Wildman–Crippen LogP) is 3.38. The van der Waals surface area contributed by atoms with Crippen LogP contribution >= 0.6 is 15.9 Å². The summed E-state index contributed by atoms with van der Waals surface area (Å²) in [6.45, 7) is 0. The number of rotatable bonds is 2. The van der Waals surface area contributed by atoms with Crippen molar-refractivity contribution in [3.63, 3.8) is 0 Å². The van der Waals surface area contributed by atoms with Crippen LogP contribution in [0.25, 0.3) is 11.3 Å². The third-order valence-corrected chi connectivity index (χ3v) is 2.39. The highest BCUT2D eigenvalue weighted by atomic mass is 79.9. The van der Waals surface area contributed by atoms with Gasteiger partial charge in [0.05, 0.1) is 5.69 Å². The molecule has 1 aromatic carbocycles. The highest BCUT2D eigenvalue weighted by Gasteiger charge is 2.09. The summed E-state index contributed by atoms with van der Waals surface area (Å²) in [6, 6.07) is 6.25. The van der Waals surface area contributed by atoms with Gasteiger partial charge < -0.3 is 4.42 Å². The smallest absolute Gasteiger partial charge is 0.181 e. The van der Waals surface area contributed by atoms with Crippen LogP contribution in [0.2, 0.25) is 0 Å². The molecule has 2 rings (SSSR count). The van der Waals surface area contributed by atoms with E-state index in [4.69, 9.17) is 4.42 Å². The fraction of sp³-hybridized carbons (Fsp3) is 0.100. The first kappa shape index (κ1) is 9.40. The molecule has 0 aliphatic rings. The van der Waals surface area contributed by atoms with Crippen LogP contribution < -0.4 is 0 Å². The highest BCUT2D eigenvalue weighted by molar-refractivity contribution is 9.08. The SMILES string of the molecule is Fc1cccc(-c2ocnc2CBr)c1. The first-order valence-electron chi connectivity index (χ1n) is 4.05. The summed E-state index contributed by atoms with van der Waals surface area (Å²) in [5.41, 5.74) is 1.48. The fourth-order valence-corrected chi connectivity index (χ4v) is 1.63. The number of nitrogens with zero attached hydrogens (tertiary/aromatic N) is 1. The van der Waals surface area contributed by atoms with Gasteiger partial charge in [-0.05, 0) is 12.1 Å². The van der Waals surface area contributed by atoms with Crippen molar-refractivity contribution >= 4 is 15.9 Å². The van der Waals surface area contributed by atoms with Gasteiger partial charge in [-0.2, -0.15) is 0 Å². The van der Waals surface area contributed by atoms with Crippen molar-refractivity contribution in [3.05, 3.63) is 42.2 Å². The molecule has 72 valence electrons. The minimum atomic E-state index is -0.278. The van der Waals surface area contributed by atoms with E-state index in [-0.39, 0.29) is 5.82 Å². The normalized spacial score (nSPS) is 10.4. The zero-order chi connectivity index (χ0) is 9.97. The van der Waals surface area contributed by atoms with Crippen LogP contribution in [0.3, 0.4) is 0 Å². The van der Waals surface area contributed by atoms with Crippen LogP contribution in [0.4, 0.5) is 4.39 Å². The molecule has 0 radical (unpaired) electrons. The Morgan fingerprint density at radius 2 is 2.29 bits per heavy atom. The Balaban J connectivity index is 2.49. The van der Waals surface area contributed by atoms with Gasteiger partial charge in [-0.1, -0.05) is 28.1 Å². The Hall–Kier alpha value is -1.16. The van der Waals surface area contributed by atoms with E-state index in [2.05, 4.69) is 20.9 Å². The van der Waals surface area contributed by atoms with Crippen molar-refractivity contribution in [1.82, 2.24) is 4.98 Å². The lowest BCUT2D eigenvalue weighted by molar-refractivity contribution is 0.569. The molecule has 0 unspecified atom stereocenters. The molecule has 4 heteroatoms. The van der Waals surface area contributed by atoms with Crippen molar-refractivity contribution < 1.29 is 8.81 Å². The van der Waals surface area contributed by atoms with Crippen molar-refractivity contribution in [2.24, 2.45) is 0 Å². The second-order valence-electron chi connectivity index (χ2n) is 2.77. The second-order valence-corrected chi connectivity index (χ2v) is 3.33. The number of alkyl halides is 1. The Bertz CT molecular complexity index is 441. The lowest BCUT2D eigenvalue weighted by Gasteiger charge is -1.98. The molecular weight excluding hydrogens is 249 g/mol. The Kier molecular flexibility index (Phi) is 2.63. The molecule has 0 fully saturated rings. The van der Waals surface area contributed by atoms with E-state index in [0.29, 0.717) is 16.7 Å². The number of oxazole rings is 1. The van der Waals surface area contributed by atoms with Crippen molar-refractivity contribution in [3.8, 4) is 11.3 Å². The molecule has 0 spiro atoms. The molecular formula is C10H7BrFNO. The van der Waals surface area contributed by atoms with Gasteiger partial charge in [0.25, 0.3) is 0 Å². The molecule has 0 N–H and O–H groups in total. The van der Waals surface area contributed by atoms with E-state index in [1.54, 1.807) is 12.1 Å². The maximum atomic E-state index is 12.9. The average molecular weight is 256 g/mol. The van der Waals surface area contributed by atoms with Crippen LogP contribution in [0.1, 0.15) is 5.69 Å². The average Bonchev–Trinajstić information content (AvgIpc) is 2.65. The van der Waals surface area contributed by atoms with E-state index in [1.807, 2.05) is 0 Å². The molecule has 1 aromatic heterocycles. The van der Waals surface area contributed by atoms with Crippen molar-refractivity contribution in [1.29, 1.82) is 0 Å². The minimum Gasteiger partial charge on any atom is -0.443 e. The van der Waals surface area contributed by atoms with Gasteiger partial charge in [-0.3, -0.25) is 0 Å². The maximum Gasteiger partial charge on any atom is 0.181 e. The van der Waals surface area contributed by atoms with E-state index < -0.39 is 0 Å². The van der Waals surface area contributed by atoms with Gasteiger partial charge in [-0.15, -0.1) is 0 Å². The Morgan fingerprint density at radius 3 is 3.00 bits per heavy atom. The molecule has 0 atom stereocenters. The Labute approximate surface area is 88.9 Å². The first-order chi connectivity index (χ1) is 6.81. The first-order valence-corrected chi connectivity index (χ1v) is 5.17. The monoisotopic (exact) mass is 255 g/mol. The van der Waals surface area contributed by atoms with E-state index in [0.717, 1.165) is 5.69 Å². The largest absolute Gasteiger partial charge is 0.443 e. The summed E-state index contributed by atoms with van der Waals surface area (Å²) in [5.74, 6) is 0.334. The van der Waals surface area contributed by atoms with Gasteiger partial charge in [0.1, 0.15) is 5.82 Å². The van der Waals surface area contributed by atoms with Crippen LogP contribution in [0.5, 0.6) is 0 Å². The predicted molar refractivity (Wildman–Crippen MR) is 54.5 cm³/mol. The molecule has 2 nitrogen and oxygen atoms in total. The quantitative estimate of drug-likeness (QED) is 0.770. The number of benzene rings is 1. The van der Waals surface area contributed by atoms with Crippen LogP contribution in [-0.2, 0) is 5.33 Å². The summed E-state index contributed by atoms with van der Waals surface area (Å²) in [6.07, 6.45) is 1.36. The van der Waals surface area contributed by atoms with E-state index in [1.165, 1.54) is 18.5 Å². The van der Waals surface area contributed by atoms with E-state index in [9.17, 15) is 4.39 Å². The van der Waals surface area contributed by atoms with Gasteiger partial charge in [0.15, 0.2) is 12.2 Å². The Morgan fingerprint density at radius 1 is 1.43 bits per heavy atom. The van der Waals surface area contributed by atoms with Crippen LogP contribution in [0, 0.1) is 5.82 Å². The topological polar surface area (TPSA) is 26.0 Å². The molecule has 0 saturated carbocycles. The number of halogens is 2. The summed E-state index contributed by atoms with van der Waals surface area (Å²) in [5, 5.41) is 0.593. The molecule has 0 aliphatic heterocycles. The summed E-state index contributed by atoms with van der Waals surface area (Å²) in [4.78, 5) is 4.00. The van der Waals surface area contributed by atoms with Gasteiger partial charge in [-0.25, -0.2) is 9.37 Å². The highest BCUT2D eigenvalue weighted by Crippen LogP contribution is 2.24. The van der Waals surface area contributed by atoms with E-state index >= 15 is 0 Å². The van der Waals surface area contributed by atoms with Crippen LogP contribution in [0.15, 0.2) is 35.1 Å². The third kappa shape index (κ3) is 1.70. The molecule has 0 aliphatic carbocycles. The number of hydrogen-bond acceptors (Lipinski definition) is 2. The fourth-order valence-electron chi connectivity index (χ4n) is 1.23. The zero-order valence-corrected chi connectivity index (χ0v) is 8.79. The molecule has 2 aromatic rings. The lowest BCUT2D eigenvalue weighted by Crippen LogP contribution is -1.83. The zero-order valence-electron chi connectivity index (χ0n) is 7.21. The van der Waals surface area contributed by atoms with Crippen LogP contribution in [-0.4, -0.2) is 4.98 Å². The maximum absolute atomic E-state index is 12.9. The summed E-state index contributed by atoms with van der Waals surface area (Å²) in [7, 11) is 0. The van der Waals surface area contributed by atoms with Crippen molar-refractivity contribution in [2.75, 3.05) is 0 Å². The van der Waals surface area contributed by atoms with Gasteiger partial charge in [0, 0.05) is 10.9 Å². The second kappa shape index (κ2) is 3.92. The van der Waals surface area contributed by atoms with Gasteiger partial charge in [0.2, 0.25) is 0 Å². The number of aromatic nitrogens is 1. The lowest BCUT2D eigenvalue weighted by atomic mass is 10.1. The summed E-state index contributed by atoms with van der Waals surface area (Å²) < 4.78 is 18.1.